The third-order valence-electron chi connectivity index (χ3n) is 2.66. The highest BCUT2D eigenvalue weighted by atomic mass is 16.5. The predicted octanol–water partition coefficient (Wildman–Crippen LogP) is 2.58. The number of ether oxygens (including phenoxy) is 1. The number of rotatable bonds is 6. The summed E-state index contributed by atoms with van der Waals surface area (Å²) in [6.45, 7) is 4.95. The lowest BCUT2D eigenvalue weighted by Crippen LogP contribution is -2.11. The second-order valence-electron chi connectivity index (χ2n) is 4.18. The van der Waals surface area contributed by atoms with Gasteiger partial charge in [-0.05, 0) is 43.0 Å². The van der Waals surface area contributed by atoms with Crippen molar-refractivity contribution in [3.63, 3.8) is 0 Å². The third-order valence-corrected chi connectivity index (χ3v) is 2.66. The second-order valence-corrected chi connectivity index (χ2v) is 4.18. The fourth-order valence-electron chi connectivity index (χ4n) is 1.51. The van der Waals surface area contributed by atoms with Crippen molar-refractivity contribution in [3.05, 3.63) is 29.8 Å². The van der Waals surface area contributed by atoms with Gasteiger partial charge in [-0.25, -0.2) is 0 Å². The van der Waals surface area contributed by atoms with E-state index in [2.05, 4.69) is 30.4 Å². The first-order valence-electron chi connectivity index (χ1n) is 5.81. The molecule has 0 atom stereocenters. The molecule has 2 rings (SSSR count). The van der Waals surface area contributed by atoms with Gasteiger partial charge in [0.05, 0.1) is 6.61 Å². The maximum Gasteiger partial charge on any atom is 0.119 e. The van der Waals surface area contributed by atoms with Gasteiger partial charge in [0.1, 0.15) is 5.75 Å². The van der Waals surface area contributed by atoms with Gasteiger partial charge in [0.25, 0.3) is 0 Å². The van der Waals surface area contributed by atoms with Crippen LogP contribution in [0.5, 0.6) is 5.75 Å². The summed E-state index contributed by atoms with van der Waals surface area (Å²) in [6, 6.07) is 8.37. The molecule has 0 bridgehead atoms. The zero-order valence-corrected chi connectivity index (χ0v) is 9.33. The van der Waals surface area contributed by atoms with Crippen LogP contribution in [0.1, 0.15) is 25.3 Å². The first kappa shape index (κ1) is 10.5. The van der Waals surface area contributed by atoms with Crippen LogP contribution in [0.25, 0.3) is 0 Å². The molecule has 0 aromatic heterocycles. The molecular weight excluding hydrogens is 186 g/mol. The van der Waals surface area contributed by atoms with E-state index in [1.807, 2.05) is 6.07 Å². The van der Waals surface area contributed by atoms with Crippen LogP contribution in [0.4, 0.5) is 0 Å². The van der Waals surface area contributed by atoms with Crippen LogP contribution in [-0.4, -0.2) is 13.2 Å². The van der Waals surface area contributed by atoms with Crippen LogP contribution < -0.4 is 10.1 Å². The summed E-state index contributed by atoms with van der Waals surface area (Å²) >= 11 is 0. The van der Waals surface area contributed by atoms with Crippen LogP contribution in [0.2, 0.25) is 0 Å². The van der Waals surface area contributed by atoms with Crippen molar-refractivity contribution < 1.29 is 4.74 Å². The Hall–Kier alpha value is -1.02. The topological polar surface area (TPSA) is 21.3 Å². The van der Waals surface area contributed by atoms with E-state index in [9.17, 15) is 0 Å². The Morgan fingerprint density at radius 1 is 1.40 bits per heavy atom. The highest BCUT2D eigenvalue weighted by Crippen LogP contribution is 2.29. The van der Waals surface area contributed by atoms with Crippen molar-refractivity contribution in [2.24, 2.45) is 5.92 Å². The van der Waals surface area contributed by atoms with Gasteiger partial charge in [0, 0.05) is 6.54 Å². The average Bonchev–Trinajstić information content (AvgIpc) is 3.08. The highest BCUT2D eigenvalue weighted by Gasteiger charge is 2.21. The zero-order valence-electron chi connectivity index (χ0n) is 9.33. The molecule has 1 fully saturated rings. The Morgan fingerprint density at radius 2 is 2.27 bits per heavy atom. The molecule has 1 aromatic carbocycles. The summed E-state index contributed by atoms with van der Waals surface area (Å²) in [6.07, 6.45) is 2.69. The summed E-state index contributed by atoms with van der Waals surface area (Å²) in [4.78, 5) is 0. The van der Waals surface area contributed by atoms with E-state index in [1.165, 1.54) is 18.4 Å². The minimum Gasteiger partial charge on any atom is -0.493 e. The van der Waals surface area contributed by atoms with Gasteiger partial charge in [-0.2, -0.15) is 0 Å². The number of benzene rings is 1. The fourth-order valence-corrected chi connectivity index (χ4v) is 1.51. The minimum atomic E-state index is 0.822. The van der Waals surface area contributed by atoms with Crippen molar-refractivity contribution in [1.29, 1.82) is 0 Å². The lowest BCUT2D eigenvalue weighted by Gasteiger charge is -2.07. The summed E-state index contributed by atoms with van der Waals surface area (Å²) in [7, 11) is 0. The fraction of sp³-hybridized carbons (Fsp3) is 0.538. The molecule has 1 aliphatic rings. The molecule has 0 amide bonds. The molecule has 0 unspecified atom stereocenters. The van der Waals surface area contributed by atoms with E-state index in [4.69, 9.17) is 4.74 Å². The lowest BCUT2D eigenvalue weighted by atomic mass is 10.2. The molecule has 1 saturated carbocycles. The lowest BCUT2D eigenvalue weighted by molar-refractivity contribution is 0.299. The van der Waals surface area contributed by atoms with Gasteiger partial charge in [-0.15, -0.1) is 0 Å². The second kappa shape index (κ2) is 5.17. The van der Waals surface area contributed by atoms with E-state index in [1.54, 1.807) is 0 Å². The van der Waals surface area contributed by atoms with E-state index in [0.29, 0.717) is 0 Å². The highest BCUT2D eigenvalue weighted by molar-refractivity contribution is 5.28. The number of hydrogen-bond acceptors (Lipinski definition) is 2. The Labute approximate surface area is 91.6 Å². The third kappa shape index (κ3) is 3.56. The van der Waals surface area contributed by atoms with E-state index in [-0.39, 0.29) is 0 Å². The Kier molecular flexibility index (Phi) is 3.62. The number of nitrogens with one attached hydrogen (secondary N) is 1. The van der Waals surface area contributed by atoms with Crippen molar-refractivity contribution >= 4 is 0 Å². The summed E-state index contributed by atoms with van der Waals surface area (Å²) in [5.74, 6) is 1.83. The van der Waals surface area contributed by atoms with Crippen LogP contribution in [0.3, 0.4) is 0 Å². The molecule has 0 saturated heterocycles. The van der Waals surface area contributed by atoms with Crippen molar-refractivity contribution in [3.8, 4) is 5.75 Å². The molecule has 0 spiro atoms. The molecule has 2 heteroatoms. The van der Waals surface area contributed by atoms with Gasteiger partial charge >= 0.3 is 0 Å². The summed E-state index contributed by atoms with van der Waals surface area (Å²) < 4.78 is 5.72. The average molecular weight is 205 g/mol. The molecule has 2 nitrogen and oxygen atoms in total. The molecule has 1 aromatic rings. The molecule has 1 N–H and O–H groups in total. The van der Waals surface area contributed by atoms with Crippen molar-refractivity contribution in [2.45, 2.75) is 26.3 Å². The molecule has 0 aliphatic heterocycles. The first-order valence-corrected chi connectivity index (χ1v) is 5.81. The monoisotopic (exact) mass is 205 g/mol. The zero-order chi connectivity index (χ0) is 10.5. The molecular formula is C13H19NO. The first-order chi connectivity index (χ1) is 7.38. The van der Waals surface area contributed by atoms with Gasteiger partial charge in [-0.1, -0.05) is 19.1 Å². The summed E-state index contributed by atoms with van der Waals surface area (Å²) in [5, 5.41) is 3.31. The molecule has 82 valence electrons. The quantitative estimate of drug-likeness (QED) is 0.770. The van der Waals surface area contributed by atoms with E-state index in [0.717, 1.165) is 31.4 Å². The minimum absolute atomic E-state index is 0.822. The Morgan fingerprint density at radius 3 is 3.00 bits per heavy atom. The Balaban J connectivity index is 1.85. The maximum atomic E-state index is 5.72. The maximum absolute atomic E-state index is 5.72. The van der Waals surface area contributed by atoms with Crippen LogP contribution >= 0.6 is 0 Å². The summed E-state index contributed by atoms with van der Waals surface area (Å²) in [5.41, 5.74) is 1.30. The predicted molar refractivity (Wildman–Crippen MR) is 62.0 cm³/mol. The smallest absolute Gasteiger partial charge is 0.119 e. The van der Waals surface area contributed by atoms with Gasteiger partial charge in [0.2, 0.25) is 0 Å². The van der Waals surface area contributed by atoms with E-state index < -0.39 is 0 Å². The molecule has 15 heavy (non-hydrogen) atoms. The van der Waals surface area contributed by atoms with Crippen LogP contribution in [0.15, 0.2) is 24.3 Å². The molecule has 1 aliphatic carbocycles. The Bertz CT molecular complexity index is 307. The van der Waals surface area contributed by atoms with Crippen LogP contribution in [-0.2, 0) is 6.54 Å². The largest absolute Gasteiger partial charge is 0.493 e. The van der Waals surface area contributed by atoms with Gasteiger partial charge < -0.3 is 10.1 Å². The van der Waals surface area contributed by atoms with E-state index >= 15 is 0 Å². The van der Waals surface area contributed by atoms with Crippen LogP contribution in [0, 0.1) is 5.92 Å². The molecule has 0 radical (unpaired) electrons. The number of hydrogen-bond donors (Lipinski definition) is 1. The van der Waals surface area contributed by atoms with Crippen molar-refractivity contribution in [1.82, 2.24) is 5.32 Å². The van der Waals surface area contributed by atoms with Gasteiger partial charge in [0.15, 0.2) is 0 Å². The SMILES string of the molecule is CCNCc1cccc(OCC2CC2)c1. The van der Waals surface area contributed by atoms with Crippen molar-refractivity contribution in [2.75, 3.05) is 13.2 Å². The molecule has 0 heterocycles. The normalized spacial score (nSPS) is 15.3. The van der Waals surface area contributed by atoms with Gasteiger partial charge in [-0.3, -0.25) is 0 Å². The standard InChI is InChI=1S/C13H19NO/c1-2-14-9-12-4-3-5-13(8-12)15-10-11-6-7-11/h3-5,8,11,14H,2,6-7,9-10H2,1H3.